The number of benzene rings is 2. The average Bonchev–Trinajstić information content (AvgIpc) is 2.55. The zero-order valence-corrected chi connectivity index (χ0v) is 17.7. The van der Waals surface area contributed by atoms with E-state index in [1.54, 1.807) is 0 Å². The Morgan fingerprint density at radius 1 is 1.00 bits per heavy atom. The minimum Gasteiger partial charge on any atom is -0.490 e. The number of hydrogen-bond acceptors (Lipinski definition) is 3. The first-order valence-corrected chi connectivity index (χ1v) is 9.28. The molecular weight excluding hydrogens is 393 g/mol. The standard InChI is InChI=1S/C20H25Cl2NO2.ClH/c1-4-24-19-10-16(12-23-11-14(2)3)9-18(22)20(19)25-13-15-5-7-17(21)8-6-15;/h5-10,14,23H,4,11-13H2,1-3H3;1H. The normalized spacial score (nSPS) is 10.5. The molecule has 0 aromatic heterocycles. The minimum absolute atomic E-state index is 0. The van der Waals surface area contributed by atoms with Crippen molar-refractivity contribution in [3.8, 4) is 11.5 Å². The molecule has 144 valence electrons. The van der Waals surface area contributed by atoms with Crippen molar-refractivity contribution in [2.75, 3.05) is 13.2 Å². The summed E-state index contributed by atoms with van der Waals surface area (Å²) in [7, 11) is 0. The lowest BCUT2D eigenvalue weighted by Crippen LogP contribution is -2.19. The number of nitrogens with one attached hydrogen (secondary N) is 1. The molecule has 6 heteroatoms. The van der Waals surface area contributed by atoms with Crippen LogP contribution in [0.1, 0.15) is 31.9 Å². The molecule has 0 saturated heterocycles. The van der Waals surface area contributed by atoms with Gasteiger partial charge >= 0.3 is 0 Å². The zero-order chi connectivity index (χ0) is 18.2. The summed E-state index contributed by atoms with van der Waals surface area (Å²) in [6.45, 7) is 8.96. The fraction of sp³-hybridized carbons (Fsp3) is 0.400. The topological polar surface area (TPSA) is 30.5 Å². The Hall–Kier alpha value is -1.13. The largest absolute Gasteiger partial charge is 0.490 e. The van der Waals surface area contributed by atoms with Crippen LogP contribution in [0.15, 0.2) is 36.4 Å². The highest BCUT2D eigenvalue weighted by molar-refractivity contribution is 6.32. The first-order valence-electron chi connectivity index (χ1n) is 8.52. The molecule has 2 aromatic carbocycles. The number of rotatable bonds is 9. The quantitative estimate of drug-likeness (QED) is 0.530. The smallest absolute Gasteiger partial charge is 0.180 e. The van der Waals surface area contributed by atoms with Gasteiger partial charge in [0.1, 0.15) is 6.61 Å². The van der Waals surface area contributed by atoms with Gasteiger partial charge in [-0.2, -0.15) is 0 Å². The van der Waals surface area contributed by atoms with E-state index in [9.17, 15) is 0 Å². The summed E-state index contributed by atoms with van der Waals surface area (Å²) in [5.74, 6) is 1.85. The SMILES string of the molecule is CCOc1cc(CNCC(C)C)cc(Cl)c1OCc1ccc(Cl)cc1.Cl. The first-order chi connectivity index (χ1) is 12.0. The Morgan fingerprint density at radius 2 is 1.69 bits per heavy atom. The molecule has 26 heavy (non-hydrogen) atoms. The number of hydrogen-bond donors (Lipinski definition) is 1. The van der Waals surface area contributed by atoms with Crippen molar-refractivity contribution in [3.63, 3.8) is 0 Å². The van der Waals surface area contributed by atoms with E-state index in [1.807, 2.05) is 43.3 Å². The highest BCUT2D eigenvalue weighted by Gasteiger charge is 2.13. The third-order valence-corrected chi connectivity index (χ3v) is 4.08. The monoisotopic (exact) mass is 417 g/mol. The maximum atomic E-state index is 6.45. The van der Waals surface area contributed by atoms with Gasteiger partial charge in [0.15, 0.2) is 11.5 Å². The molecule has 0 saturated carbocycles. The summed E-state index contributed by atoms with van der Waals surface area (Å²) < 4.78 is 11.7. The highest BCUT2D eigenvalue weighted by atomic mass is 35.5. The number of halogens is 3. The van der Waals surface area contributed by atoms with Gasteiger partial charge in [0, 0.05) is 11.6 Å². The third-order valence-electron chi connectivity index (χ3n) is 3.55. The van der Waals surface area contributed by atoms with E-state index < -0.39 is 0 Å². The Bertz CT molecular complexity index is 676. The molecule has 0 amide bonds. The van der Waals surface area contributed by atoms with E-state index in [0.29, 0.717) is 40.7 Å². The van der Waals surface area contributed by atoms with Gasteiger partial charge in [-0.1, -0.05) is 49.2 Å². The maximum absolute atomic E-state index is 6.45. The second kappa shape index (κ2) is 11.6. The van der Waals surface area contributed by atoms with E-state index in [2.05, 4.69) is 19.2 Å². The summed E-state index contributed by atoms with van der Waals surface area (Å²) in [6.07, 6.45) is 0. The summed E-state index contributed by atoms with van der Waals surface area (Å²) >= 11 is 12.4. The lowest BCUT2D eigenvalue weighted by atomic mass is 10.1. The van der Waals surface area contributed by atoms with Crippen LogP contribution in [-0.4, -0.2) is 13.2 Å². The Morgan fingerprint density at radius 3 is 2.31 bits per heavy atom. The predicted octanol–water partition coefficient (Wildman–Crippen LogP) is 6.14. The van der Waals surface area contributed by atoms with E-state index in [1.165, 1.54) is 0 Å². The molecule has 0 bridgehead atoms. The van der Waals surface area contributed by atoms with Crippen LogP contribution < -0.4 is 14.8 Å². The van der Waals surface area contributed by atoms with E-state index >= 15 is 0 Å². The second-order valence-electron chi connectivity index (χ2n) is 6.28. The van der Waals surface area contributed by atoms with Gasteiger partial charge < -0.3 is 14.8 Å². The fourth-order valence-corrected chi connectivity index (χ4v) is 2.78. The van der Waals surface area contributed by atoms with Gasteiger partial charge in [0.05, 0.1) is 11.6 Å². The highest BCUT2D eigenvalue weighted by Crippen LogP contribution is 2.37. The van der Waals surface area contributed by atoms with Crippen LogP contribution in [0.5, 0.6) is 11.5 Å². The Labute approximate surface area is 172 Å². The molecule has 0 heterocycles. The van der Waals surface area contributed by atoms with Gasteiger partial charge in [-0.3, -0.25) is 0 Å². The Kier molecular flexibility index (Phi) is 10.2. The summed E-state index contributed by atoms with van der Waals surface area (Å²) in [6, 6.07) is 11.5. The van der Waals surface area contributed by atoms with Crippen molar-refractivity contribution in [3.05, 3.63) is 57.6 Å². The molecule has 0 aliphatic heterocycles. The second-order valence-corrected chi connectivity index (χ2v) is 7.12. The van der Waals surface area contributed by atoms with Crippen LogP contribution in [0, 0.1) is 5.92 Å². The van der Waals surface area contributed by atoms with E-state index in [-0.39, 0.29) is 12.4 Å². The number of ether oxygens (including phenoxy) is 2. The molecule has 0 aliphatic carbocycles. The molecule has 2 rings (SSSR count). The molecule has 0 spiro atoms. The summed E-state index contributed by atoms with van der Waals surface area (Å²) in [5.41, 5.74) is 2.10. The van der Waals surface area contributed by atoms with Gasteiger partial charge in [0.2, 0.25) is 0 Å². The van der Waals surface area contributed by atoms with Crippen LogP contribution in [0.3, 0.4) is 0 Å². The van der Waals surface area contributed by atoms with Crippen molar-refractivity contribution in [1.29, 1.82) is 0 Å². The lowest BCUT2D eigenvalue weighted by molar-refractivity contribution is 0.269. The van der Waals surface area contributed by atoms with Crippen molar-refractivity contribution in [2.24, 2.45) is 5.92 Å². The summed E-state index contributed by atoms with van der Waals surface area (Å²) in [5, 5.41) is 4.67. The van der Waals surface area contributed by atoms with Crippen LogP contribution in [0.4, 0.5) is 0 Å². The average molecular weight is 419 g/mol. The van der Waals surface area contributed by atoms with Crippen molar-refractivity contribution in [1.82, 2.24) is 5.32 Å². The Balaban J connectivity index is 0.00000338. The van der Waals surface area contributed by atoms with Crippen LogP contribution in [0.25, 0.3) is 0 Å². The van der Waals surface area contributed by atoms with Crippen molar-refractivity contribution < 1.29 is 9.47 Å². The van der Waals surface area contributed by atoms with Crippen molar-refractivity contribution in [2.45, 2.75) is 33.9 Å². The van der Waals surface area contributed by atoms with E-state index in [0.717, 1.165) is 24.2 Å². The fourth-order valence-electron chi connectivity index (χ4n) is 2.37. The molecule has 0 radical (unpaired) electrons. The van der Waals surface area contributed by atoms with Gasteiger partial charge in [-0.05, 0) is 54.8 Å². The van der Waals surface area contributed by atoms with Crippen LogP contribution in [-0.2, 0) is 13.2 Å². The minimum atomic E-state index is 0. The molecule has 2 aromatic rings. The zero-order valence-electron chi connectivity index (χ0n) is 15.4. The van der Waals surface area contributed by atoms with Gasteiger partial charge in [0.25, 0.3) is 0 Å². The molecule has 0 atom stereocenters. The molecular formula is C20H26Cl3NO2. The van der Waals surface area contributed by atoms with Crippen molar-refractivity contribution >= 4 is 35.6 Å². The third kappa shape index (κ3) is 7.24. The maximum Gasteiger partial charge on any atom is 0.180 e. The van der Waals surface area contributed by atoms with E-state index in [4.69, 9.17) is 32.7 Å². The molecule has 0 fully saturated rings. The van der Waals surface area contributed by atoms with Gasteiger partial charge in [-0.25, -0.2) is 0 Å². The first kappa shape index (κ1) is 22.9. The lowest BCUT2D eigenvalue weighted by Gasteiger charge is -2.16. The van der Waals surface area contributed by atoms with Gasteiger partial charge in [-0.15, -0.1) is 12.4 Å². The molecule has 0 aliphatic rings. The molecule has 1 N–H and O–H groups in total. The molecule has 0 unspecified atom stereocenters. The summed E-state index contributed by atoms with van der Waals surface area (Å²) in [4.78, 5) is 0. The predicted molar refractivity (Wildman–Crippen MR) is 112 cm³/mol. The van der Waals surface area contributed by atoms with Crippen LogP contribution in [0.2, 0.25) is 10.0 Å². The van der Waals surface area contributed by atoms with Crippen LogP contribution >= 0.6 is 35.6 Å². The molecule has 3 nitrogen and oxygen atoms in total.